The van der Waals surface area contributed by atoms with Crippen LogP contribution in [-0.2, 0) is 0 Å². The molecule has 5 nitrogen and oxygen atoms in total. The van der Waals surface area contributed by atoms with Crippen molar-refractivity contribution in [1.82, 2.24) is 9.97 Å². The summed E-state index contributed by atoms with van der Waals surface area (Å²) in [6.07, 6.45) is 1.41. The van der Waals surface area contributed by atoms with Crippen LogP contribution in [0, 0.1) is 0 Å². The van der Waals surface area contributed by atoms with Crippen molar-refractivity contribution < 1.29 is 0 Å². The molecule has 0 unspecified atom stereocenters. The van der Waals surface area contributed by atoms with Gasteiger partial charge in [0, 0.05) is 12.1 Å². The molecule has 2 rings (SSSR count). The van der Waals surface area contributed by atoms with Crippen molar-refractivity contribution >= 4 is 46.2 Å². The second-order valence-electron chi connectivity index (χ2n) is 3.48. The number of aromatic nitrogens is 2. The van der Waals surface area contributed by atoms with Crippen LogP contribution in [0.4, 0.5) is 23.0 Å². The van der Waals surface area contributed by atoms with Crippen LogP contribution in [0.1, 0.15) is 0 Å². The average Bonchev–Trinajstić information content (AvgIpc) is 2.36. The quantitative estimate of drug-likeness (QED) is 0.807. The van der Waals surface area contributed by atoms with Crippen LogP contribution in [-0.4, -0.2) is 17.0 Å². The van der Waals surface area contributed by atoms with E-state index in [0.717, 1.165) is 0 Å². The molecule has 0 aliphatic rings. The fourth-order valence-electron chi connectivity index (χ4n) is 1.42. The van der Waals surface area contributed by atoms with Gasteiger partial charge in [-0.1, -0.05) is 23.2 Å². The van der Waals surface area contributed by atoms with Gasteiger partial charge in [0.05, 0.1) is 10.7 Å². The zero-order chi connectivity index (χ0) is 13.1. The molecular formula is C11H11Cl2N5. The van der Waals surface area contributed by atoms with Gasteiger partial charge in [-0.3, -0.25) is 0 Å². The Morgan fingerprint density at radius 1 is 1.17 bits per heavy atom. The number of halogens is 2. The van der Waals surface area contributed by atoms with E-state index >= 15 is 0 Å². The van der Waals surface area contributed by atoms with Gasteiger partial charge in [0.15, 0.2) is 11.6 Å². The van der Waals surface area contributed by atoms with E-state index in [-0.39, 0.29) is 0 Å². The van der Waals surface area contributed by atoms with Crippen molar-refractivity contribution in [3.8, 4) is 0 Å². The average molecular weight is 284 g/mol. The zero-order valence-electron chi connectivity index (χ0n) is 9.54. The zero-order valence-corrected chi connectivity index (χ0v) is 11.0. The minimum Gasteiger partial charge on any atom is -0.393 e. The second-order valence-corrected chi connectivity index (χ2v) is 4.33. The number of hydrogen-bond acceptors (Lipinski definition) is 5. The van der Waals surface area contributed by atoms with Gasteiger partial charge in [-0.25, -0.2) is 9.97 Å². The van der Waals surface area contributed by atoms with E-state index in [1.807, 2.05) is 0 Å². The van der Waals surface area contributed by atoms with E-state index in [4.69, 9.17) is 28.9 Å². The van der Waals surface area contributed by atoms with Crippen LogP contribution in [0.25, 0.3) is 0 Å². The lowest BCUT2D eigenvalue weighted by molar-refractivity contribution is 1.16. The van der Waals surface area contributed by atoms with Gasteiger partial charge in [-0.15, -0.1) is 0 Å². The fraction of sp³-hybridized carbons (Fsp3) is 0.0909. The number of nitrogens with zero attached hydrogens (tertiary/aromatic N) is 2. The van der Waals surface area contributed by atoms with Crippen LogP contribution in [0.2, 0.25) is 10.0 Å². The number of nitrogens with two attached hydrogens (primary N) is 1. The van der Waals surface area contributed by atoms with E-state index < -0.39 is 0 Å². The molecule has 0 radical (unpaired) electrons. The van der Waals surface area contributed by atoms with Crippen LogP contribution in [0.15, 0.2) is 24.5 Å². The Morgan fingerprint density at radius 2 is 1.89 bits per heavy atom. The Kier molecular flexibility index (Phi) is 3.74. The first-order chi connectivity index (χ1) is 8.61. The number of benzene rings is 1. The molecular weight excluding hydrogens is 273 g/mol. The van der Waals surface area contributed by atoms with Gasteiger partial charge in [0.1, 0.15) is 12.0 Å². The van der Waals surface area contributed by atoms with Gasteiger partial charge in [-0.2, -0.15) is 0 Å². The van der Waals surface area contributed by atoms with E-state index in [1.165, 1.54) is 6.33 Å². The third kappa shape index (κ3) is 2.57. The van der Waals surface area contributed by atoms with Crippen molar-refractivity contribution in [3.63, 3.8) is 0 Å². The van der Waals surface area contributed by atoms with Crippen molar-refractivity contribution in [2.45, 2.75) is 0 Å². The Morgan fingerprint density at radius 3 is 2.61 bits per heavy atom. The monoisotopic (exact) mass is 283 g/mol. The summed E-state index contributed by atoms with van der Waals surface area (Å²) in [4.78, 5) is 8.06. The number of rotatable bonds is 3. The molecule has 94 valence electrons. The summed E-state index contributed by atoms with van der Waals surface area (Å²) in [5.41, 5.74) is 6.95. The molecule has 7 heteroatoms. The highest BCUT2D eigenvalue weighted by Gasteiger charge is 2.09. The number of anilines is 4. The van der Waals surface area contributed by atoms with Crippen LogP contribution in [0.3, 0.4) is 0 Å². The summed E-state index contributed by atoms with van der Waals surface area (Å²) in [6.45, 7) is 0. The molecule has 1 heterocycles. The van der Waals surface area contributed by atoms with E-state index in [0.29, 0.717) is 33.1 Å². The van der Waals surface area contributed by atoms with E-state index in [9.17, 15) is 0 Å². The van der Waals surface area contributed by atoms with Crippen molar-refractivity contribution in [3.05, 3.63) is 34.6 Å². The third-order valence-electron chi connectivity index (χ3n) is 2.30. The van der Waals surface area contributed by atoms with Crippen molar-refractivity contribution in [2.24, 2.45) is 0 Å². The first-order valence-corrected chi connectivity index (χ1v) is 5.87. The molecule has 1 aromatic carbocycles. The highest BCUT2D eigenvalue weighted by molar-refractivity contribution is 6.35. The van der Waals surface area contributed by atoms with Gasteiger partial charge in [0.25, 0.3) is 0 Å². The van der Waals surface area contributed by atoms with Crippen LogP contribution < -0.4 is 16.4 Å². The smallest absolute Gasteiger partial charge is 0.159 e. The molecule has 18 heavy (non-hydrogen) atoms. The molecule has 0 fully saturated rings. The Balaban J connectivity index is 2.37. The van der Waals surface area contributed by atoms with E-state index in [2.05, 4.69) is 20.6 Å². The lowest BCUT2D eigenvalue weighted by Gasteiger charge is -2.11. The maximum absolute atomic E-state index is 6.05. The lowest BCUT2D eigenvalue weighted by Crippen LogP contribution is -2.05. The molecule has 0 bridgehead atoms. The summed E-state index contributed by atoms with van der Waals surface area (Å²) in [6, 6.07) is 5.10. The molecule has 0 atom stereocenters. The predicted molar refractivity (Wildman–Crippen MR) is 75.7 cm³/mol. The van der Waals surface area contributed by atoms with Crippen molar-refractivity contribution in [1.29, 1.82) is 0 Å². The fourth-order valence-corrected chi connectivity index (χ4v) is 1.75. The topological polar surface area (TPSA) is 75.9 Å². The number of nitrogen functional groups attached to an aromatic ring is 1. The maximum atomic E-state index is 6.05. The number of hydrogen-bond donors (Lipinski definition) is 3. The molecule has 0 spiro atoms. The molecule has 0 amide bonds. The summed E-state index contributed by atoms with van der Waals surface area (Å²) in [5.74, 6) is 1.02. The minimum atomic E-state index is 0.413. The minimum absolute atomic E-state index is 0.413. The summed E-state index contributed by atoms with van der Waals surface area (Å²) in [7, 11) is 1.73. The Bertz CT molecular complexity index is 573. The Labute approximate surface area is 114 Å². The highest BCUT2D eigenvalue weighted by Crippen LogP contribution is 2.31. The maximum Gasteiger partial charge on any atom is 0.159 e. The van der Waals surface area contributed by atoms with Gasteiger partial charge >= 0.3 is 0 Å². The standard InChI is InChI=1S/C11H11Cl2N5/c1-15-10-9(14)11(17-5-16-10)18-8-4-6(12)2-3-7(8)13/h2-5H,14H2,1H3,(H2,15,16,17,18). The highest BCUT2D eigenvalue weighted by atomic mass is 35.5. The molecule has 0 saturated carbocycles. The van der Waals surface area contributed by atoms with Gasteiger partial charge in [-0.05, 0) is 18.2 Å². The van der Waals surface area contributed by atoms with E-state index in [1.54, 1.807) is 25.2 Å². The SMILES string of the molecule is CNc1ncnc(Nc2cc(Cl)ccc2Cl)c1N. The molecule has 0 saturated heterocycles. The normalized spacial score (nSPS) is 10.2. The molecule has 2 aromatic rings. The van der Waals surface area contributed by atoms with Gasteiger partial charge in [0.2, 0.25) is 0 Å². The lowest BCUT2D eigenvalue weighted by atomic mass is 10.3. The Hall–Kier alpha value is -1.72. The third-order valence-corrected chi connectivity index (χ3v) is 2.87. The summed E-state index contributed by atoms with van der Waals surface area (Å²) >= 11 is 12.0. The largest absolute Gasteiger partial charge is 0.393 e. The van der Waals surface area contributed by atoms with Crippen LogP contribution >= 0.6 is 23.2 Å². The van der Waals surface area contributed by atoms with Gasteiger partial charge < -0.3 is 16.4 Å². The van der Waals surface area contributed by atoms with Crippen molar-refractivity contribution in [2.75, 3.05) is 23.4 Å². The molecule has 0 aliphatic heterocycles. The first kappa shape index (κ1) is 12.7. The van der Waals surface area contributed by atoms with Crippen LogP contribution in [0.5, 0.6) is 0 Å². The molecule has 0 aliphatic carbocycles. The second kappa shape index (κ2) is 5.29. The summed E-state index contributed by atoms with van der Waals surface area (Å²) < 4.78 is 0. The number of nitrogens with one attached hydrogen (secondary N) is 2. The predicted octanol–water partition coefficient (Wildman–Crippen LogP) is 3.15. The summed E-state index contributed by atoms with van der Waals surface area (Å²) in [5, 5.41) is 7.00. The first-order valence-electron chi connectivity index (χ1n) is 5.12. The molecule has 4 N–H and O–H groups in total. The molecule has 1 aromatic heterocycles.